The van der Waals surface area contributed by atoms with Gasteiger partial charge in [-0.1, -0.05) is 63.4 Å². The molecule has 2 fully saturated rings. The zero-order chi connectivity index (χ0) is 23.8. The highest BCUT2D eigenvalue weighted by atomic mass is 32.2. The maximum Gasteiger partial charge on any atom is 0.245 e. The molecule has 1 aliphatic carbocycles. The van der Waals surface area contributed by atoms with E-state index in [9.17, 15) is 18.0 Å². The second kappa shape index (κ2) is 12.0. The largest absolute Gasteiger partial charge is 0.344 e. The first-order valence-electron chi connectivity index (χ1n) is 12.7. The van der Waals surface area contributed by atoms with Crippen LogP contribution in [0.1, 0.15) is 70.8 Å². The highest BCUT2D eigenvalue weighted by Gasteiger charge is 2.39. The topological polar surface area (TPSA) is 83.6 Å². The molecule has 0 aromatic heterocycles. The van der Waals surface area contributed by atoms with Crippen LogP contribution in [0.5, 0.6) is 0 Å². The van der Waals surface area contributed by atoms with Gasteiger partial charge in [-0.15, -0.1) is 0 Å². The Kier molecular flexibility index (Phi) is 9.36. The third-order valence-electron chi connectivity index (χ3n) is 7.40. The lowest BCUT2D eigenvalue weighted by atomic mass is 9.83. The van der Waals surface area contributed by atoms with Gasteiger partial charge in [0.2, 0.25) is 11.8 Å². The van der Waals surface area contributed by atoms with Crippen LogP contribution in [-0.4, -0.2) is 55.3 Å². The first kappa shape index (κ1) is 25.7. The summed E-state index contributed by atoms with van der Waals surface area (Å²) in [5, 5.41) is 3.06. The Bertz CT molecular complexity index is 881. The van der Waals surface area contributed by atoms with E-state index in [1.807, 2.05) is 44.2 Å². The van der Waals surface area contributed by atoms with Crippen molar-refractivity contribution in [3.63, 3.8) is 0 Å². The molecule has 1 aliphatic heterocycles. The average Bonchev–Trinajstić information content (AvgIpc) is 3.28. The van der Waals surface area contributed by atoms with Crippen molar-refractivity contribution in [1.82, 2.24) is 10.2 Å². The molecule has 3 rings (SSSR count). The fourth-order valence-corrected chi connectivity index (χ4v) is 6.75. The number of hydrogen-bond donors (Lipinski definition) is 1. The number of hydrogen-bond acceptors (Lipinski definition) is 4. The van der Waals surface area contributed by atoms with Gasteiger partial charge in [-0.3, -0.25) is 9.59 Å². The molecular weight excluding hydrogens is 436 g/mol. The predicted octanol–water partition coefficient (Wildman–Crippen LogP) is 3.75. The molecule has 6 nitrogen and oxygen atoms in total. The summed E-state index contributed by atoms with van der Waals surface area (Å²) in [4.78, 5) is 28.1. The van der Waals surface area contributed by atoms with E-state index in [0.717, 1.165) is 44.1 Å². The van der Waals surface area contributed by atoms with Crippen molar-refractivity contribution in [2.45, 2.75) is 83.7 Å². The number of rotatable bonds is 10. The Morgan fingerprint density at radius 1 is 1.06 bits per heavy atom. The SMILES string of the molecule is CC[C@@H](C)C(=O)N[C@H](C(=O)N1CCC[C@H]1CS(=O)(=O)CCc1ccccc1)C1CCCCC1. The van der Waals surface area contributed by atoms with E-state index in [4.69, 9.17) is 0 Å². The van der Waals surface area contributed by atoms with Gasteiger partial charge in [0.05, 0.1) is 11.5 Å². The second-order valence-corrected chi connectivity index (χ2v) is 12.1. The zero-order valence-corrected chi connectivity index (χ0v) is 21.0. The van der Waals surface area contributed by atoms with Crippen molar-refractivity contribution in [1.29, 1.82) is 0 Å². The molecule has 1 aromatic carbocycles. The number of aryl methyl sites for hydroxylation is 1. The molecule has 1 aromatic rings. The minimum Gasteiger partial charge on any atom is -0.344 e. The standard InChI is InChI=1S/C26H40N2O4S/c1-3-20(2)25(29)27-24(22-13-8-5-9-14-22)26(30)28-17-10-15-23(28)19-33(31,32)18-16-21-11-6-4-7-12-21/h4,6-7,11-12,20,22-24H,3,5,8-10,13-19H2,1-2H3,(H,27,29)/t20-,23+,24+/m1/s1. The van der Waals surface area contributed by atoms with Crippen molar-refractivity contribution in [3.8, 4) is 0 Å². The number of amides is 2. The molecule has 0 unspecified atom stereocenters. The Hall–Kier alpha value is -1.89. The fraction of sp³-hybridized carbons (Fsp3) is 0.692. The number of carbonyl (C=O) groups is 2. The van der Waals surface area contributed by atoms with E-state index in [2.05, 4.69) is 5.32 Å². The Morgan fingerprint density at radius 2 is 1.76 bits per heavy atom. The monoisotopic (exact) mass is 476 g/mol. The van der Waals surface area contributed by atoms with E-state index in [-0.39, 0.29) is 41.2 Å². The smallest absolute Gasteiger partial charge is 0.245 e. The third-order valence-corrected chi connectivity index (χ3v) is 9.11. The molecule has 33 heavy (non-hydrogen) atoms. The van der Waals surface area contributed by atoms with Gasteiger partial charge in [-0.2, -0.15) is 0 Å². The molecule has 1 heterocycles. The molecule has 7 heteroatoms. The summed E-state index contributed by atoms with van der Waals surface area (Å²) in [6.45, 7) is 4.42. The van der Waals surface area contributed by atoms with Crippen LogP contribution in [0.2, 0.25) is 0 Å². The highest BCUT2D eigenvalue weighted by molar-refractivity contribution is 7.91. The minimum absolute atomic E-state index is 0.00225. The molecule has 1 N–H and O–H groups in total. The van der Waals surface area contributed by atoms with Gasteiger partial charge >= 0.3 is 0 Å². The summed E-state index contributed by atoms with van der Waals surface area (Å²) in [6.07, 6.45) is 7.91. The molecule has 1 saturated heterocycles. The van der Waals surface area contributed by atoms with Gasteiger partial charge in [-0.25, -0.2) is 8.42 Å². The Labute approximate surface area is 199 Å². The number of benzene rings is 1. The molecular formula is C26H40N2O4S. The lowest BCUT2D eigenvalue weighted by Gasteiger charge is -2.35. The summed E-state index contributed by atoms with van der Waals surface area (Å²) in [5.41, 5.74) is 1.01. The second-order valence-electron chi connectivity index (χ2n) is 9.87. The van der Waals surface area contributed by atoms with Crippen LogP contribution in [0.15, 0.2) is 30.3 Å². The van der Waals surface area contributed by atoms with E-state index in [1.54, 1.807) is 4.90 Å². The summed E-state index contributed by atoms with van der Waals surface area (Å²) < 4.78 is 25.8. The lowest BCUT2D eigenvalue weighted by Crippen LogP contribution is -2.55. The van der Waals surface area contributed by atoms with E-state index in [1.165, 1.54) is 6.42 Å². The van der Waals surface area contributed by atoms with Crippen LogP contribution in [0, 0.1) is 11.8 Å². The zero-order valence-electron chi connectivity index (χ0n) is 20.2. The predicted molar refractivity (Wildman–Crippen MR) is 131 cm³/mol. The molecule has 3 atom stereocenters. The van der Waals surface area contributed by atoms with E-state index in [0.29, 0.717) is 19.4 Å². The lowest BCUT2D eigenvalue weighted by molar-refractivity contribution is -0.139. The Morgan fingerprint density at radius 3 is 2.42 bits per heavy atom. The molecule has 1 saturated carbocycles. The van der Waals surface area contributed by atoms with Gasteiger partial charge in [0.1, 0.15) is 6.04 Å². The van der Waals surface area contributed by atoms with Crippen molar-refractivity contribution in [2.24, 2.45) is 11.8 Å². The molecule has 184 valence electrons. The van der Waals surface area contributed by atoms with Gasteiger partial charge in [-0.05, 0) is 50.0 Å². The average molecular weight is 477 g/mol. The van der Waals surface area contributed by atoms with Gasteiger partial charge in [0.15, 0.2) is 9.84 Å². The Balaban J connectivity index is 1.68. The quantitative estimate of drug-likeness (QED) is 0.558. The minimum atomic E-state index is -3.30. The van der Waals surface area contributed by atoms with E-state index >= 15 is 0 Å². The molecule has 0 radical (unpaired) electrons. The van der Waals surface area contributed by atoms with Gasteiger partial charge < -0.3 is 10.2 Å². The van der Waals surface area contributed by atoms with Crippen LogP contribution < -0.4 is 5.32 Å². The summed E-state index contributed by atoms with van der Waals surface area (Å²) in [6, 6.07) is 8.79. The fourth-order valence-electron chi connectivity index (χ4n) is 5.10. The van der Waals surface area contributed by atoms with Crippen molar-refractivity contribution in [3.05, 3.63) is 35.9 Å². The number of nitrogens with one attached hydrogen (secondary N) is 1. The molecule has 0 bridgehead atoms. The summed E-state index contributed by atoms with van der Waals surface area (Å²) in [7, 11) is -3.30. The number of likely N-dealkylation sites (tertiary alicyclic amines) is 1. The van der Waals surface area contributed by atoms with Crippen molar-refractivity contribution < 1.29 is 18.0 Å². The molecule has 2 amide bonds. The molecule has 0 spiro atoms. The number of carbonyl (C=O) groups excluding carboxylic acids is 2. The van der Waals surface area contributed by atoms with Gasteiger partial charge in [0, 0.05) is 18.5 Å². The van der Waals surface area contributed by atoms with Crippen molar-refractivity contribution >= 4 is 21.7 Å². The van der Waals surface area contributed by atoms with Crippen LogP contribution in [-0.2, 0) is 25.8 Å². The van der Waals surface area contributed by atoms with Crippen molar-refractivity contribution in [2.75, 3.05) is 18.1 Å². The number of sulfone groups is 1. The maximum absolute atomic E-state index is 13.7. The normalized spacial score (nSPS) is 21.5. The van der Waals surface area contributed by atoms with Crippen LogP contribution in [0.25, 0.3) is 0 Å². The highest BCUT2D eigenvalue weighted by Crippen LogP contribution is 2.30. The van der Waals surface area contributed by atoms with E-state index < -0.39 is 15.9 Å². The maximum atomic E-state index is 13.7. The first-order chi connectivity index (χ1) is 15.8. The third kappa shape index (κ3) is 7.29. The van der Waals surface area contributed by atoms with Gasteiger partial charge in [0.25, 0.3) is 0 Å². The first-order valence-corrected chi connectivity index (χ1v) is 14.5. The van der Waals surface area contributed by atoms with Crippen LogP contribution in [0.3, 0.4) is 0 Å². The summed E-state index contributed by atoms with van der Waals surface area (Å²) >= 11 is 0. The summed E-state index contributed by atoms with van der Waals surface area (Å²) in [5.74, 6) is -0.0759. The number of nitrogens with zero attached hydrogens (tertiary/aromatic N) is 1. The molecule has 2 aliphatic rings. The van der Waals surface area contributed by atoms with Crippen LogP contribution >= 0.6 is 0 Å². The van der Waals surface area contributed by atoms with Crippen LogP contribution in [0.4, 0.5) is 0 Å².